The summed E-state index contributed by atoms with van der Waals surface area (Å²) in [6.45, 7) is 3.87. The van der Waals surface area contributed by atoms with Gasteiger partial charge < -0.3 is 15.0 Å². The number of ether oxygens (including phenoxy) is 1. The summed E-state index contributed by atoms with van der Waals surface area (Å²) >= 11 is 1.68. The van der Waals surface area contributed by atoms with Crippen molar-refractivity contribution in [2.24, 2.45) is 11.8 Å². The quantitative estimate of drug-likeness (QED) is 0.900. The Balaban J connectivity index is 1.25. The van der Waals surface area contributed by atoms with Gasteiger partial charge in [-0.2, -0.15) is 0 Å². The maximum atomic E-state index is 12.2. The van der Waals surface area contributed by atoms with Crippen LogP contribution < -0.4 is 5.32 Å². The van der Waals surface area contributed by atoms with Gasteiger partial charge in [-0.25, -0.2) is 0 Å². The standard InChI is InChI=1S/C18H26N2O2S/c21-18(19-10-15-5-2-8-23-15)9-17-16-6-7-20(14-3-1-4-14)11-13(16)12-22-17/h2,5,8,13-14,16-17H,1,3-4,6-7,9-12H2,(H,19,21)/t13-,16-,17-/m0/s1. The molecule has 1 aliphatic carbocycles. The van der Waals surface area contributed by atoms with Crippen LogP contribution >= 0.6 is 11.3 Å². The minimum Gasteiger partial charge on any atom is -0.377 e. The van der Waals surface area contributed by atoms with E-state index < -0.39 is 0 Å². The lowest BCUT2D eigenvalue weighted by molar-refractivity contribution is -0.124. The normalized spacial score (nSPS) is 31.6. The first-order valence-corrected chi connectivity index (χ1v) is 9.82. The van der Waals surface area contributed by atoms with E-state index in [1.807, 2.05) is 11.4 Å². The molecule has 1 amide bonds. The Kier molecular flexibility index (Phi) is 4.69. The first kappa shape index (κ1) is 15.6. The summed E-state index contributed by atoms with van der Waals surface area (Å²) in [7, 11) is 0. The minimum absolute atomic E-state index is 0.130. The average Bonchev–Trinajstić information content (AvgIpc) is 3.13. The molecule has 0 spiro atoms. The summed E-state index contributed by atoms with van der Waals surface area (Å²) in [4.78, 5) is 16.1. The van der Waals surface area contributed by atoms with Crippen LogP contribution in [0.15, 0.2) is 17.5 Å². The van der Waals surface area contributed by atoms with Gasteiger partial charge in [0.25, 0.3) is 0 Å². The summed E-state index contributed by atoms with van der Waals surface area (Å²) < 4.78 is 6.00. The van der Waals surface area contributed by atoms with Crippen LogP contribution in [0.1, 0.15) is 37.0 Å². The third-order valence-corrected chi connectivity index (χ3v) is 6.72. The van der Waals surface area contributed by atoms with Gasteiger partial charge in [-0.05, 0) is 43.2 Å². The van der Waals surface area contributed by atoms with Gasteiger partial charge in [0.2, 0.25) is 5.91 Å². The van der Waals surface area contributed by atoms with Crippen molar-refractivity contribution >= 4 is 17.2 Å². The van der Waals surface area contributed by atoms with Crippen LogP contribution in [0.5, 0.6) is 0 Å². The monoisotopic (exact) mass is 334 g/mol. The molecule has 0 bridgehead atoms. The van der Waals surface area contributed by atoms with Gasteiger partial charge in [-0.3, -0.25) is 4.79 Å². The maximum absolute atomic E-state index is 12.2. The molecule has 2 saturated heterocycles. The number of nitrogens with one attached hydrogen (secondary N) is 1. The van der Waals surface area contributed by atoms with Crippen LogP contribution in [0.2, 0.25) is 0 Å². The smallest absolute Gasteiger partial charge is 0.222 e. The van der Waals surface area contributed by atoms with Crippen molar-refractivity contribution in [3.63, 3.8) is 0 Å². The Hall–Kier alpha value is -0.910. The third-order valence-electron chi connectivity index (χ3n) is 5.84. The van der Waals surface area contributed by atoms with E-state index in [0.717, 1.165) is 12.6 Å². The topological polar surface area (TPSA) is 41.6 Å². The van der Waals surface area contributed by atoms with Crippen molar-refractivity contribution in [2.45, 2.75) is 50.8 Å². The van der Waals surface area contributed by atoms with Gasteiger partial charge in [0, 0.05) is 23.4 Å². The van der Waals surface area contributed by atoms with E-state index in [1.165, 1.54) is 43.6 Å². The molecule has 0 unspecified atom stereocenters. The number of fused-ring (bicyclic) bond motifs is 1. The van der Waals surface area contributed by atoms with Crippen molar-refractivity contribution in [1.29, 1.82) is 0 Å². The molecule has 4 rings (SSSR count). The second-order valence-electron chi connectivity index (χ2n) is 7.22. The number of carbonyl (C=O) groups is 1. The highest BCUT2D eigenvalue weighted by molar-refractivity contribution is 7.09. The van der Waals surface area contributed by atoms with Crippen molar-refractivity contribution in [3.05, 3.63) is 22.4 Å². The summed E-state index contributed by atoms with van der Waals surface area (Å²) in [6, 6.07) is 4.92. The Morgan fingerprint density at radius 2 is 2.30 bits per heavy atom. The van der Waals surface area contributed by atoms with Crippen LogP contribution in [-0.4, -0.2) is 42.6 Å². The van der Waals surface area contributed by atoms with Crippen LogP contribution in [0.3, 0.4) is 0 Å². The van der Waals surface area contributed by atoms with Crippen LogP contribution in [0.4, 0.5) is 0 Å². The highest BCUT2D eigenvalue weighted by Crippen LogP contribution is 2.38. The molecule has 1 aromatic heterocycles. The number of hydrogen-bond acceptors (Lipinski definition) is 4. The van der Waals surface area contributed by atoms with E-state index in [1.54, 1.807) is 11.3 Å². The number of nitrogens with zero attached hydrogens (tertiary/aromatic N) is 1. The molecule has 1 aromatic rings. The fraction of sp³-hybridized carbons (Fsp3) is 0.722. The van der Waals surface area contributed by atoms with Gasteiger partial charge in [0.15, 0.2) is 0 Å². The second kappa shape index (κ2) is 6.91. The van der Waals surface area contributed by atoms with Gasteiger partial charge in [-0.15, -0.1) is 11.3 Å². The van der Waals surface area contributed by atoms with Crippen molar-refractivity contribution in [1.82, 2.24) is 10.2 Å². The molecule has 3 fully saturated rings. The number of rotatable bonds is 5. The Morgan fingerprint density at radius 3 is 3.04 bits per heavy atom. The molecule has 126 valence electrons. The number of carbonyl (C=O) groups excluding carboxylic acids is 1. The molecule has 3 aliphatic rings. The lowest BCUT2D eigenvalue weighted by atomic mass is 9.80. The molecule has 5 heteroatoms. The predicted molar refractivity (Wildman–Crippen MR) is 91.3 cm³/mol. The third kappa shape index (κ3) is 3.47. The summed E-state index contributed by atoms with van der Waals surface area (Å²) in [5, 5.41) is 5.08. The van der Waals surface area contributed by atoms with E-state index in [-0.39, 0.29) is 12.0 Å². The highest BCUT2D eigenvalue weighted by atomic mass is 32.1. The molecule has 1 saturated carbocycles. The summed E-state index contributed by atoms with van der Waals surface area (Å²) in [5.74, 6) is 1.35. The van der Waals surface area contributed by atoms with Crippen molar-refractivity contribution in [2.75, 3.05) is 19.7 Å². The summed E-state index contributed by atoms with van der Waals surface area (Å²) in [5.41, 5.74) is 0. The van der Waals surface area contributed by atoms with E-state index in [4.69, 9.17) is 4.74 Å². The molecule has 2 aliphatic heterocycles. The van der Waals surface area contributed by atoms with Gasteiger partial charge in [0.1, 0.15) is 0 Å². The average molecular weight is 334 g/mol. The number of hydrogen-bond donors (Lipinski definition) is 1. The van der Waals surface area contributed by atoms with Crippen LogP contribution in [-0.2, 0) is 16.1 Å². The zero-order chi connectivity index (χ0) is 15.6. The number of thiophene rings is 1. The molecule has 0 radical (unpaired) electrons. The van der Waals surface area contributed by atoms with Gasteiger partial charge in [0.05, 0.1) is 25.7 Å². The fourth-order valence-corrected chi connectivity index (χ4v) is 4.91. The molecular formula is C18H26N2O2S. The first-order chi connectivity index (χ1) is 11.3. The molecule has 0 aromatic carbocycles. The van der Waals surface area contributed by atoms with Gasteiger partial charge >= 0.3 is 0 Å². The van der Waals surface area contributed by atoms with Crippen molar-refractivity contribution in [3.8, 4) is 0 Å². The highest BCUT2D eigenvalue weighted by Gasteiger charge is 2.43. The lowest BCUT2D eigenvalue weighted by Gasteiger charge is -2.43. The first-order valence-electron chi connectivity index (χ1n) is 8.94. The molecule has 23 heavy (non-hydrogen) atoms. The Bertz CT molecular complexity index is 529. The summed E-state index contributed by atoms with van der Waals surface area (Å²) in [6.07, 6.45) is 6.02. The SMILES string of the molecule is O=C(C[C@@H]1OC[C@@H]2CN(C3CCC3)CC[C@@H]21)NCc1cccs1. The predicted octanol–water partition coefficient (Wildman–Crippen LogP) is 2.64. The second-order valence-corrected chi connectivity index (χ2v) is 8.26. The Labute approximate surface area is 142 Å². The molecular weight excluding hydrogens is 308 g/mol. The molecule has 3 heterocycles. The lowest BCUT2D eigenvalue weighted by Crippen LogP contribution is -2.49. The largest absolute Gasteiger partial charge is 0.377 e. The van der Waals surface area contributed by atoms with E-state index in [0.29, 0.717) is 24.8 Å². The van der Waals surface area contributed by atoms with E-state index in [9.17, 15) is 4.79 Å². The molecule has 3 atom stereocenters. The fourth-order valence-electron chi connectivity index (χ4n) is 4.26. The van der Waals surface area contributed by atoms with Crippen molar-refractivity contribution < 1.29 is 9.53 Å². The maximum Gasteiger partial charge on any atom is 0.222 e. The zero-order valence-corrected chi connectivity index (χ0v) is 14.4. The van der Waals surface area contributed by atoms with Crippen LogP contribution in [0.25, 0.3) is 0 Å². The zero-order valence-electron chi connectivity index (χ0n) is 13.6. The number of likely N-dealkylation sites (tertiary alicyclic amines) is 1. The minimum atomic E-state index is 0.130. The Morgan fingerprint density at radius 1 is 1.39 bits per heavy atom. The molecule has 4 nitrogen and oxygen atoms in total. The van der Waals surface area contributed by atoms with E-state index >= 15 is 0 Å². The van der Waals surface area contributed by atoms with Crippen LogP contribution in [0, 0.1) is 11.8 Å². The molecule has 1 N–H and O–H groups in total. The van der Waals surface area contributed by atoms with Gasteiger partial charge in [-0.1, -0.05) is 12.5 Å². The number of amides is 1. The number of piperidine rings is 1. The van der Waals surface area contributed by atoms with E-state index in [2.05, 4.69) is 16.3 Å².